The molecule has 2 N–H and O–H groups in total. The minimum absolute atomic E-state index is 0.170. The monoisotopic (exact) mass is 511 g/mol. The number of rotatable bonds is 10. The Hall–Kier alpha value is -3.44. The summed E-state index contributed by atoms with van der Waals surface area (Å²) in [6.07, 6.45) is 4.99. The number of para-hydroxylation sites is 1. The van der Waals surface area contributed by atoms with Gasteiger partial charge >= 0.3 is 0 Å². The fourth-order valence-corrected chi connectivity index (χ4v) is 4.99. The number of aromatic nitrogens is 3. The molecule has 192 valence electrons. The van der Waals surface area contributed by atoms with Crippen LogP contribution in [-0.4, -0.2) is 74.4 Å². The first-order chi connectivity index (χ1) is 17.4. The topological polar surface area (TPSA) is 113 Å². The van der Waals surface area contributed by atoms with Crippen LogP contribution in [0.3, 0.4) is 0 Å². The number of piperazine rings is 1. The predicted octanol–water partition coefficient (Wildman–Crippen LogP) is 3.69. The van der Waals surface area contributed by atoms with Crippen LogP contribution in [0, 0.1) is 0 Å². The van der Waals surface area contributed by atoms with E-state index in [1.807, 2.05) is 12.1 Å². The summed E-state index contributed by atoms with van der Waals surface area (Å²) in [6, 6.07) is 12.7. The molecule has 0 aliphatic carbocycles. The Morgan fingerprint density at radius 3 is 2.33 bits per heavy atom. The van der Waals surface area contributed by atoms with E-state index in [1.165, 1.54) is 31.8 Å². The Kier molecular flexibility index (Phi) is 8.21. The summed E-state index contributed by atoms with van der Waals surface area (Å²) < 4.78 is 29.8. The number of sulfone groups is 1. The Morgan fingerprint density at radius 2 is 1.67 bits per heavy atom. The summed E-state index contributed by atoms with van der Waals surface area (Å²) in [5.41, 5.74) is 2.23. The molecule has 2 heterocycles. The van der Waals surface area contributed by atoms with E-state index in [-0.39, 0.29) is 10.8 Å². The smallest absolute Gasteiger partial charge is 0.232 e. The molecule has 2 aromatic carbocycles. The molecule has 0 spiro atoms. The van der Waals surface area contributed by atoms with Crippen LogP contribution in [0.15, 0.2) is 53.7 Å². The van der Waals surface area contributed by atoms with Gasteiger partial charge in [0.2, 0.25) is 11.9 Å². The molecule has 10 nitrogen and oxygen atoms in total. The predicted molar refractivity (Wildman–Crippen MR) is 142 cm³/mol. The van der Waals surface area contributed by atoms with Gasteiger partial charge in [0.1, 0.15) is 12.1 Å². The molecule has 1 aliphatic heterocycles. The number of nitrogens with zero attached hydrogens (tertiary/aromatic N) is 5. The Balaban J connectivity index is 1.46. The Morgan fingerprint density at radius 1 is 0.972 bits per heavy atom. The molecule has 1 aliphatic rings. The van der Waals surface area contributed by atoms with Gasteiger partial charge in [0.25, 0.3) is 0 Å². The van der Waals surface area contributed by atoms with Crippen LogP contribution in [0.4, 0.5) is 29.0 Å². The van der Waals surface area contributed by atoms with E-state index in [1.54, 1.807) is 25.3 Å². The van der Waals surface area contributed by atoms with Gasteiger partial charge in [-0.25, -0.2) is 18.4 Å². The third kappa shape index (κ3) is 6.41. The molecule has 0 unspecified atom stereocenters. The lowest BCUT2D eigenvalue weighted by Gasteiger charge is -2.36. The van der Waals surface area contributed by atoms with Gasteiger partial charge in [-0.05, 0) is 37.2 Å². The lowest BCUT2D eigenvalue weighted by atomic mass is 10.2. The molecular weight excluding hydrogens is 478 g/mol. The molecule has 0 radical (unpaired) electrons. The van der Waals surface area contributed by atoms with Crippen molar-refractivity contribution in [1.82, 2.24) is 19.9 Å². The van der Waals surface area contributed by atoms with E-state index in [9.17, 15) is 8.42 Å². The van der Waals surface area contributed by atoms with Crippen molar-refractivity contribution in [2.24, 2.45) is 0 Å². The van der Waals surface area contributed by atoms with Crippen molar-refractivity contribution < 1.29 is 13.2 Å². The van der Waals surface area contributed by atoms with Gasteiger partial charge < -0.3 is 20.3 Å². The highest BCUT2D eigenvalue weighted by Crippen LogP contribution is 2.32. The maximum Gasteiger partial charge on any atom is 0.232 e. The Labute approximate surface area is 212 Å². The zero-order valence-electron chi connectivity index (χ0n) is 20.9. The zero-order chi connectivity index (χ0) is 25.5. The van der Waals surface area contributed by atoms with Crippen molar-refractivity contribution in [2.45, 2.75) is 24.7 Å². The number of unbranched alkanes of at least 4 members (excludes halogenated alkanes) is 1. The minimum Gasteiger partial charge on any atom is -0.494 e. The fraction of sp³-hybridized carbons (Fsp3) is 0.400. The van der Waals surface area contributed by atoms with Gasteiger partial charge in [-0.1, -0.05) is 25.5 Å². The highest BCUT2D eigenvalue weighted by molar-refractivity contribution is 7.90. The summed E-state index contributed by atoms with van der Waals surface area (Å²) in [5, 5.41) is 6.16. The molecular formula is C25H33N7O3S. The van der Waals surface area contributed by atoms with Crippen LogP contribution in [0.2, 0.25) is 0 Å². The average molecular weight is 512 g/mol. The second-order valence-corrected chi connectivity index (χ2v) is 10.7. The van der Waals surface area contributed by atoms with Crippen LogP contribution in [0.1, 0.15) is 19.8 Å². The van der Waals surface area contributed by atoms with Gasteiger partial charge in [-0.3, -0.25) is 4.90 Å². The lowest BCUT2D eigenvalue weighted by Crippen LogP contribution is -2.46. The van der Waals surface area contributed by atoms with Crippen LogP contribution in [0.25, 0.3) is 0 Å². The number of hydrogen-bond donors (Lipinski definition) is 2. The largest absolute Gasteiger partial charge is 0.494 e. The molecule has 0 saturated carbocycles. The van der Waals surface area contributed by atoms with Crippen LogP contribution in [0.5, 0.6) is 5.75 Å². The summed E-state index contributed by atoms with van der Waals surface area (Å²) in [5.74, 6) is 1.21. The average Bonchev–Trinajstić information content (AvgIpc) is 2.88. The lowest BCUT2D eigenvalue weighted by molar-refractivity contribution is 0.254. The van der Waals surface area contributed by atoms with Gasteiger partial charge in [0.15, 0.2) is 9.84 Å². The number of benzene rings is 2. The number of methoxy groups -OCH3 is 1. The molecule has 3 aromatic rings. The van der Waals surface area contributed by atoms with E-state index in [4.69, 9.17) is 4.74 Å². The number of ether oxygens (including phenoxy) is 1. The fourth-order valence-electron chi connectivity index (χ4n) is 4.14. The molecule has 4 rings (SSSR count). The van der Waals surface area contributed by atoms with Crippen molar-refractivity contribution in [3.8, 4) is 5.75 Å². The van der Waals surface area contributed by atoms with Crippen LogP contribution in [-0.2, 0) is 9.84 Å². The van der Waals surface area contributed by atoms with E-state index in [0.717, 1.165) is 43.8 Å². The molecule has 11 heteroatoms. The van der Waals surface area contributed by atoms with Crippen LogP contribution < -0.4 is 20.3 Å². The normalized spacial score (nSPS) is 14.5. The molecule has 1 fully saturated rings. The highest BCUT2D eigenvalue weighted by atomic mass is 32.2. The van der Waals surface area contributed by atoms with Crippen molar-refractivity contribution in [1.29, 1.82) is 0 Å². The summed E-state index contributed by atoms with van der Waals surface area (Å²) in [6.45, 7) is 7.48. The summed E-state index contributed by atoms with van der Waals surface area (Å²) >= 11 is 0. The highest BCUT2D eigenvalue weighted by Gasteiger charge is 2.18. The van der Waals surface area contributed by atoms with Gasteiger partial charge in [0.05, 0.1) is 23.4 Å². The molecule has 1 saturated heterocycles. The maximum absolute atomic E-state index is 12.1. The quantitative estimate of drug-likeness (QED) is 0.418. The molecule has 0 amide bonds. The van der Waals surface area contributed by atoms with E-state index in [0.29, 0.717) is 17.4 Å². The first-order valence-corrected chi connectivity index (χ1v) is 13.9. The minimum atomic E-state index is -3.41. The molecule has 36 heavy (non-hydrogen) atoms. The molecule has 0 atom stereocenters. The molecule has 0 bridgehead atoms. The summed E-state index contributed by atoms with van der Waals surface area (Å²) in [4.78, 5) is 17.8. The van der Waals surface area contributed by atoms with Crippen LogP contribution >= 0.6 is 0 Å². The van der Waals surface area contributed by atoms with Gasteiger partial charge in [0, 0.05) is 44.2 Å². The van der Waals surface area contributed by atoms with Gasteiger partial charge in [-0.15, -0.1) is 0 Å². The number of nitrogens with one attached hydrogen (secondary N) is 2. The number of anilines is 5. The van der Waals surface area contributed by atoms with E-state index in [2.05, 4.69) is 48.4 Å². The molecule has 1 aromatic heterocycles. The third-order valence-corrected chi connectivity index (χ3v) is 7.26. The summed E-state index contributed by atoms with van der Waals surface area (Å²) in [7, 11) is -1.78. The van der Waals surface area contributed by atoms with Crippen molar-refractivity contribution >= 4 is 38.8 Å². The second-order valence-electron chi connectivity index (χ2n) is 8.72. The first kappa shape index (κ1) is 25.6. The number of hydrogen-bond acceptors (Lipinski definition) is 10. The van der Waals surface area contributed by atoms with E-state index < -0.39 is 9.84 Å². The van der Waals surface area contributed by atoms with Crippen molar-refractivity contribution in [3.05, 3.63) is 48.8 Å². The maximum atomic E-state index is 12.1. The van der Waals surface area contributed by atoms with Crippen molar-refractivity contribution in [2.75, 3.05) is 61.6 Å². The standard InChI is InChI=1S/C25H33N7O3S/c1-4-5-12-31-13-15-32(16-14-31)19-10-11-20(22(17-19)35-2)28-24-26-18-27-25(30-24)29-21-8-6-7-9-23(21)36(3,33)34/h6-11,17-18H,4-5,12-16H2,1-3H3,(H2,26,27,28,29,30). The first-order valence-electron chi connectivity index (χ1n) is 12.0. The zero-order valence-corrected chi connectivity index (χ0v) is 21.8. The Bertz CT molecular complexity index is 1280. The van der Waals surface area contributed by atoms with E-state index >= 15 is 0 Å². The van der Waals surface area contributed by atoms with Gasteiger partial charge in [-0.2, -0.15) is 4.98 Å². The SMILES string of the molecule is CCCCN1CCN(c2ccc(Nc3ncnc(Nc4ccccc4S(C)(=O)=O)n3)c(OC)c2)CC1. The van der Waals surface area contributed by atoms with Crippen molar-refractivity contribution in [3.63, 3.8) is 0 Å². The second kappa shape index (κ2) is 11.5. The third-order valence-electron chi connectivity index (χ3n) is 6.10.